The van der Waals surface area contributed by atoms with Crippen molar-refractivity contribution in [2.24, 2.45) is 0 Å². The zero-order valence-electron chi connectivity index (χ0n) is 19.2. The summed E-state index contributed by atoms with van der Waals surface area (Å²) in [6.45, 7) is 7.88. The van der Waals surface area contributed by atoms with Crippen molar-refractivity contribution in [3.63, 3.8) is 0 Å². The number of carbonyl (C=O) groups is 1. The molecule has 1 saturated heterocycles. The largest absolute Gasteiger partial charge is 0.449 e. The van der Waals surface area contributed by atoms with Gasteiger partial charge in [-0.1, -0.05) is 18.2 Å². The Hall–Kier alpha value is -2.84. The SMILES string of the molecule is Cc1cc2c(C)c(C(=O)N3CCOCC3)oc2c(S(=O)(=O)N2CCCc3ccccc32)c1C. The summed E-state index contributed by atoms with van der Waals surface area (Å²) in [5.41, 5.74) is 4.15. The van der Waals surface area contributed by atoms with Gasteiger partial charge in [0.2, 0.25) is 0 Å². The van der Waals surface area contributed by atoms with E-state index in [1.165, 1.54) is 4.31 Å². The molecule has 1 amide bonds. The normalized spacial score (nSPS) is 16.8. The molecule has 2 aromatic carbocycles. The van der Waals surface area contributed by atoms with Crippen molar-refractivity contribution < 1.29 is 22.4 Å². The summed E-state index contributed by atoms with van der Waals surface area (Å²) < 4.78 is 41.1. The molecular formula is C25H28N2O5S. The third kappa shape index (κ3) is 3.52. The fourth-order valence-electron chi connectivity index (χ4n) is 4.83. The maximum absolute atomic E-state index is 14.1. The smallest absolute Gasteiger partial charge is 0.290 e. The topological polar surface area (TPSA) is 80.1 Å². The van der Waals surface area contributed by atoms with Crippen LogP contribution < -0.4 is 4.31 Å². The van der Waals surface area contributed by atoms with Gasteiger partial charge in [0.15, 0.2) is 11.3 Å². The molecule has 7 nitrogen and oxygen atoms in total. The second kappa shape index (κ2) is 8.18. The molecule has 0 spiro atoms. The average Bonchev–Trinajstić information content (AvgIpc) is 3.14. The molecule has 1 aromatic heterocycles. The van der Waals surface area contributed by atoms with Crippen LogP contribution in [-0.2, 0) is 21.2 Å². The van der Waals surface area contributed by atoms with Gasteiger partial charge in [-0.05, 0) is 62.4 Å². The quantitative estimate of drug-likeness (QED) is 0.581. The summed E-state index contributed by atoms with van der Waals surface area (Å²) in [6.07, 6.45) is 1.60. The number of para-hydroxylation sites is 1. The van der Waals surface area contributed by atoms with E-state index >= 15 is 0 Å². The molecule has 0 unspecified atom stereocenters. The monoisotopic (exact) mass is 468 g/mol. The fourth-order valence-corrected chi connectivity index (χ4v) is 6.79. The summed E-state index contributed by atoms with van der Waals surface area (Å²) in [5.74, 6) is -0.0265. The third-order valence-corrected chi connectivity index (χ3v) is 8.77. The number of amides is 1. The first kappa shape index (κ1) is 22.0. The molecular weight excluding hydrogens is 440 g/mol. The molecule has 33 heavy (non-hydrogen) atoms. The lowest BCUT2D eigenvalue weighted by molar-refractivity contribution is 0.0283. The number of hydrogen-bond donors (Lipinski definition) is 0. The first-order chi connectivity index (χ1) is 15.8. The maximum atomic E-state index is 14.1. The van der Waals surface area contributed by atoms with Gasteiger partial charge in [-0.15, -0.1) is 0 Å². The molecule has 8 heteroatoms. The van der Waals surface area contributed by atoms with Crippen LogP contribution in [0.4, 0.5) is 5.69 Å². The first-order valence-corrected chi connectivity index (χ1v) is 12.8. The Labute approximate surface area is 194 Å². The van der Waals surface area contributed by atoms with Gasteiger partial charge in [-0.2, -0.15) is 0 Å². The average molecular weight is 469 g/mol. The van der Waals surface area contributed by atoms with Gasteiger partial charge < -0.3 is 14.1 Å². The second-order valence-electron chi connectivity index (χ2n) is 8.79. The predicted molar refractivity (Wildman–Crippen MR) is 126 cm³/mol. The number of fused-ring (bicyclic) bond motifs is 2. The van der Waals surface area contributed by atoms with E-state index in [0.29, 0.717) is 55.0 Å². The molecule has 0 atom stereocenters. The highest BCUT2D eigenvalue weighted by Gasteiger charge is 2.35. The number of hydrogen-bond acceptors (Lipinski definition) is 5. The second-order valence-corrected chi connectivity index (χ2v) is 10.6. The minimum Gasteiger partial charge on any atom is -0.449 e. The summed E-state index contributed by atoms with van der Waals surface area (Å²) in [7, 11) is -3.91. The first-order valence-electron chi connectivity index (χ1n) is 11.3. The molecule has 3 heterocycles. The van der Waals surface area contributed by atoms with Crippen molar-refractivity contribution in [2.75, 3.05) is 37.2 Å². The van der Waals surface area contributed by atoms with Crippen molar-refractivity contribution in [1.29, 1.82) is 0 Å². The Bertz CT molecular complexity index is 1350. The van der Waals surface area contributed by atoms with Gasteiger partial charge in [-0.25, -0.2) is 8.42 Å². The molecule has 3 aromatic rings. The van der Waals surface area contributed by atoms with Crippen molar-refractivity contribution in [3.8, 4) is 0 Å². The van der Waals surface area contributed by atoms with Gasteiger partial charge in [0.1, 0.15) is 4.90 Å². The van der Waals surface area contributed by atoms with E-state index in [1.54, 1.807) is 11.8 Å². The number of nitrogens with zero attached hydrogens (tertiary/aromatic N) is 2. The number of carbonyl (C=O) groups excluding carboxylic acids is 1. The van der Waals surface area contributed by atoms with Crippen LogP contribution in [-0.4, -0.2) is 52.1 Å². The van der Waals surface area contributed by atoms with Crippen LogP contribution in [0.1, 0.15) is 39.2 Å². The van der Waals surface area contributed by atoms with Crippen LogP contribution in [0, 0.1) is 20.8 Å². The summed E-state index contributed by atoms with van der Waals surface area (Å²) >= 11 is 0. The van der Waals surface area contributed by atoms with Gasteiger partial charge in [0.05, 0.1) is 18.9 Å². The molecule has 2 aliphatic rings. The lowest BCUT2D eigenvalue weighted by Crippen LogP contribution is -2.40. The molecule has 174 valence electrons. The minimum absolute atomic E-state index is 0.151. The van der Waals surface area contributed by atoms with Gasteiger partial charge in [-0.3, -0.25) is 9.10 Å². The van der Waals surface area contributed by atoms with E-state index in [-0.39, 0.29) is 22.1 Å². The predicted octanol–water partition coefficient (Wildman–Crippen LogP) is 3.97. The van der Waals surface area contributed by atoms with Crippen molar-refractivity contribution in [1.82, 2.24) is 4.90 Å². The van der Waals surface area contributed by atoms with Crippen LogP contribution in [0.15, 0.2) is 39.6 Å². The third-order valence-electron chi connectivity index (χ3n) is 6.80. The summed E-state index contributed by atoms with van der Waals surface area (Å²) in [5, 5.41) is 0.665. The summed E-state index contributed by atoms with van der Waals surface area (Å²) in [6, 6.07) is 9.55. The van der Waals surface area contributed by atoms with Gasteiger partial charge in [0.25, 0.3) is 15.9 Å². The number of ether oxygens (including phenoxy) is 1. The number of anilines is 1. The lowest BCUT2D eigenvalue weighted by Gasteiger charge is -2.31. The van der Waals surface area contributed by atoms with Crippen LogP contribution in [0.5, 0.6) is 0 Å². The highest BCUT2D eigenvalue weighted by molar-refractivity contribution is 7.93. The standard InChI is InChI=1S/C25H28N2O5S/c1-16-15-20-18(3)22(25(28)26-11-13-31-14-12-26)32-23(20)24(17(16)2)33(29,30)27-10-6-8-19-7-4-5-9-21(19)27/h4-5,7,9,15H,6,8,10-14H2,1-3H3. The number of rotatable bonds is 3. The molecule has 5 rings (SSSR count). The van der Waals surface area contributed by atoms with E-state index in [4.69, 9.17) is 9.15 Å². The zero-order chi connectivity index (χ0) is 23.3. The number of morpholine rings is 1. The van der Waals surface area contributed by atoms with Crippen molar-refractivity contribution >= 4 is 32.6 Å². The highest BCUT2D eigenvalue weighted by atomic mass is 32.2. The Morgan fingerprint density at radius 3 is 2.48 bits per heavy atom. The van der Waals surface area contributed by atoms with Crippen LogP contribution in [0.3, 0.4) is 0 Å². The van der Waals surface area contributed by atoms with Crippen LogP contribution in [0.25, 0.3) is 11.0 Å². The fraction of sp³-hybridized carbons (Fsp3) is 0.400. The van der Waals surface area contributed by atoms with E-state index < -0.39 is 10.0 Å². The van der Waals surface area contributed by atoms with Crippen LogP contribution >= 0.6 is 0 Å². The van der Waals surface area contributed by atoms with Gasteiger partial charge in [0, 0.05) is 30.6 Å². The Kier molecular flexibility index (Phi) is 5.45. The molecule has 0 radical (unpaired) electrons. The molecule has 0 N–H and O–H groups in total. The van der Waals surface area contributed by atoms with Crippen molar-refractivity contribution in [3.05, 3.63) is 58.3 Å². The van der Waals surface area contributed by atoms with E-state index in [9.17, 15) is 13.2 Å². The Balaban J connectivity index is 1.69. The van der Waals surface area contributed by atoms with E-state index in [1.807, 2.05) is 44.2 Å². The number of benzene rings is 2. The highest BCUT2D eigenvalue weighted by Crippen LogP contribution is 2.39. The maximum Gasteiger partial charge on any atom is 0.290 e. The molecule has 0 aliphatic carbocycles. The number of furan rings is 1. The zero-order valence-corrected chi connectivity index (χ0v) is 20.0. The Morgan fingerprint density at radius 1 is 1.00 bits per heavy atom. The number of sulfonamides is 1. The molecule has 2 aliphatic heterocycles. The summed E-state index contributed by atoms with van der Waals surface area (Å²) in [4.78, 5) is 15.1. The van der Waals surface area contributed by atoms with Gasteiger partial charge >= 0.3 is 0 Å². The van der Waals surface area contributed by atoms with Crippen LogP contribution in [0.2, 0.25) is 0 Å². The van der Waals surface area contributed by atoms with E-state index in [2.05, 4.69) is 0 Å². The molecule has 0 bridgehead atoms. The van der Waals surface area contributed by atoms with E-state index in [0.717, 1.165) is 24.0 Å². The number of aryl methyl sites for hydroxylation is 3. The minimum atomic E-state index is -3.91. The van der Waals surface area contributed by atoms with Crippen molar-refractivity contribution in [2.45, 2.75) is 38.5 Å². The molecule has 1 fully saturated rings. The Morgan fingerprint density at radius 2 is 1.73 bits per heavy atom. The lowest BCUT2D eigenvalue weighted by atomic mass is 10.0. The molecule has 0 saturated carbocycles.